The zero-order valence-corrected chi connectivity index (χ0v) is 12.4. The second kappa shape index (κ2) is 5.06. The lowest BCUT2D eigenvalue weighted by molar-refractivity contribution is -0.136. The van der Waals surface area contributed by atoms with Crippen molar-refractivity contribution < 1.29 is 14.7 Å². The van der Waals surface area contributed by atoms with Crippen molar-refractivity contribution in [2.45, 2.75) is 12.8 Å². The van der Waals surface area contributed by atoms with Gasteiger partial charge in [0.15, 0.2) is 5.78 Å². The molecular formula is C20H14O3. The van der Waals surface area contributed by atoms with Gasteiger partial charge >= 0.3 is 5.97 Å². The molecule has 1 aliphatic carbocycles. The van der Waals surface area contributed by atoms with Crippen LogP contribution in [0.1, 0.15) is 27.9 Å². The van der Waals surface area contributed by atoms with Crippen molar-refractivity contribution in [2.24, 2.45) is 0 Å². The van der Waals surface area contributed by atoms with E-state index in [0.717, 1.165) is 33.0 Å². The number of carboxylic acids is 1. The van der Waals surface area contributed by atoms with Crippen LogP contribution in [-0.4, -0.2) is 16.9 Å². The van der Waals surface area contributed by atoms with E-state index in [2.05, 4.69) is 0 Å². The Balaban J connectivity index is 2.01. The van der Waals surface area contributed by atoms with Crippen molar-refractivity contribution in [3.63, 3.8) is 0 Å². The second-order valence-electron chi connectivity index (χ2n) is 5.77. The molecule has 0 aliphatic heterocycles. The summed E-state index contributed by atoms with van der Waals surface area (Å²) < 4.78 is 0. The fourth-order valence-corrected chi connectivity index (χ4v) is 3.41. The first-order valence-corrected chi connectivity index (χ1v) is 7.57. The zero-order valence-electron chi connectivity index (χ0n) is 12.4. The van der Waals surface area contributed by atoms with Crippen LogP contribution in [0.25, 0.3) is 21.9 Å². The predicted octanol–water partition coefficient (Wildman–Crippen LogP) is 4.07. The second-order valence-corrected chi connectivity index (χ2v) is 5.77. The summed E-state index contributed by atoms with van der Waals surface area (Å²) in [5.74, 6) is -0.804. The van der Waals surface area contributed by atoms with Gasteiger partial charge in [-0.15, -0.1) is 0 Å². The molecule has 0 fully saturated rings. The highest BCUT2D eigenvalue weighted by Gasteiger charge is 2.28. The first-order chi connectivity index (χ1) is 11.2. The van der Waals surface area contributed by atoms with E-state index in [4.69, 9.17) is 5.11 Å². The van der Waals surface area contributed by atoms with Gasteiger partial charge in [0.2, 0.25) is 0 Å². The van der Waals surface area contributed by atoms with Gasteiger partial charge in [0, 0.05) is 23.1 Å². The van der Waals surface area contributed by atoms with Crippen molar-refractivity contribution in [1.82, 2.24) is 0 Å². The number of hydrogen-bond acceptors (Lipinski definition) is 2. The minimum atomic E-state index is -0.829. The van der Waals surface area contributed by atoms with Gasteiger partial charge in [0.25, 0.3) is 0 Å². The lowest BCUT2D eigenvalue weighted by Gasteiger charge is -2.11. The summed E-state index contributed by atoms with van der Waals surface area (Å²) in [6.07, 6.45) is 0.483. The number of benzene rings is 3. The van der Waals surface area contributed by atoms with Gasteiger partial charge in [0.1, 0.15) is 0 Å². The molecule has 0 radical (unpaired) electrons. The Morgan fingerprint density at radius 1 is 0.870 bits per heavy atom. The van der Waals surface area contributed by atoms with E-state index in [1.165, 1.54) is 0 Å². The van der Waals surface area contributed by atoms with Gasteiger partial charge in [-0.05, 0) is 34.4 Å². The summed E-state index contributed by atoms with van der Waals surface area (Å²) in [4.78, 5) is 23.6. The maximum atomic E-state index is 12.7. The molecule has 4 rings (SSSR count). The SMILES string of the molecule is O=C(O)CCc1cc2c(c3ccccc13)-c1ccccc1C2=O. The van der Waals surface area contributed by atoms with Gasteiger partial charge in [-0.1, -0.05) is 48.5 Å². The highest BCUT2D eigenvalue weighted by atomic mass is 16.4. The fraction of sp³-hybridized carbons (Fsp3) is 0.100. The van der Waals surface area contributed by atoms with Crippen LogP contribution in [-0.2, 0) is 11.2 Å². The number of carboxylic acid groups (broad SMARTS) is 1. The summed E-state index contributed by atoms with van der Waals surface area (Å²) in [6.45, 7) is 0. The van der Waals surface area contributed by atoms with Crippen LogP contribution in [0, 0.1) is 0 Å². The van der Waals surface area contributed by atoms with E-state index in [9.17, 15) is 9.59 Å². The quantitative estimate of drug-likeness (QED) is 0.620. The molecule has 0 atom stereocenters. The molecule has 0 spiro atoms. The van der Waals surface area contributed by atoms with Crippen molar-refractivity contribution >= 4 is 22.5 Å². The molecule has 0 saturated carbocycles. The Kier molecular flexibility index (Phi) is 3.01. The molecule has 0 saturated heterocycles. The van der Waals surface area contributed by atoms with E-state index in [-0.39, 0.29) is 12.2 Å². The molecule has 1 aliphatic rings. The largest absolute Gasteiger partial charge is 0.481 e. The Hall–Kier alpha value is -2.94. The summed E-state index contributed by atoms with van der Waals surface area (Å²) in [5, 5.41) is 11.0. The van der Waals surface area contributed by atoms with Crippen molar-refractivity contribution in [2.75, 3.05) is 0 Å². The predicted molar refractivity (Wildman–Crippen MR) is 88.8 cm³/mol. The van der Waals surface area contributed by atoms with Gasteiger partial charge in [-0.2, -0.15) is 0 Å². The summed E-state index contributed by atoms with van der Waals surface area (Å²) in [7, 11) is 0. The third-order valence-electron chi connectivity index (χ3n) is 4.42. The number of carbonyl (C=O) groups excluding carboxylic acids is 1. The maximum absolute atomic E-state index is 12.7. The van der Waals surface area contributed by atoms with E-state index in [1.807, 2.05) is 54.6 Å². The van der Waals surface area contributed by atoms with Gasteiger partial charge in [-0.3, -0.25) is 9.59 Å². The lowest BCUT2D eigenvalue weighted by Crippen LogP contribution is -2.01. The summed E-state index contributed by atoms with van der Waals surface area (Å²) in [6, 6.07) is 17.4. The van der Waals surface area contributed by atoms with Crippen LogP contribution in [0.3, 0.4) is 0 Å². The first kappa shape index (κ1) is 13.7. The van der Waals surface area contributed by atoms with Crippen molar-refractivity contribution in [1.29, 1.82) is 0 Å². The number of hydrogen-bond donors (Lipinski definition) is 1. The average Bonchev–Trinajstić information content (AvgIpc) is 2.86. The summed E-state index contributed by atoms with van der Waals surface area (Å²) >= 11 is 0. The van der Waals surface area contributed by atoms with Crippen LogP contribution in [0.15, 0.2) is 54.6 Å². The minimum Gasteiger partial charge on any atom is -0.481 e. The maximum Gasteiger partial charge on any atom is 0.303 e. The molecule has 3 aromatic carbocycles. The molecule has 0 heterocycles. The molecule has 0 aromatic heterocycles. The van der Waals surface area contributed by atoms with E-state index < -0.39 is 5.97 Å². The fourth-order valence-electron chi connectivity index (χ4n) is 3.41. The van der Waals surface area contributed by atoms with Crippen molar-refractivity contribution in [3.8, 4) is 11.1 Å². The van der Waals surface area contributed by atoms with Gasteiger partial charge < -0.3 is 5.11 Å². The molecule has 0 bridgehead atoms. The molecule has 23 heavy (non-hydrogen) atoms. The molecule has 3 heteroatoms. The highest BCUT2D eigenvalue weighted by molar-refractivity contribution is 6.26. The molecule has 112 valence electrons. The third kappa shape index (κ3) is 2.05. The average molecular weight is 302 g/mol. The number of carbonyl (C=O) groups is 2. The monoisotopic (exact) mass is 302 g/mol. The minimum absolute atomic E-state index is 0.0259. The van der Waals surface area contributed by atoms with E-state index in [1.54, 1.807) is 0 Å². The Bertz CT molecular complexity index is 970. The highest BCUT2D eigenvalue weighted by Crippen LogP contribution is 2.42. The van der Waals surface area contributed by atoms with Crippen LogP contribution >= 0.6 is 0 Å². The smallest absolute Gasteiger partial charge is 0.303 e. The molecule has 0 unspecified atom stereocenters. The van der Waals surface area contributed by atoms with E-state index in [0.29, 0.717) is 12.0 Å². The van der Waals surface area contributed by atoms with Crippen LogP contribution < -0.4 is 0 Å². The molecule has 0 amide bonds. The number of rotatable bonds is 3. The number of aryl methyl sites for hydroxylation is 1. The number of aliphatic carboxylic acids is 1. The standard InChI is InChI=1S/C20H14O3/c21-18(22)10-9-12-11-17-19(14-6-2-1-5-13(12)14)15-7-3-4-8-16(15)20(17)23/h1-8,11H,9-10H2,(H,21,22). The molecule has 3 nitrogen and oxygen atoms in total. The number of ketones is 1. The van der Waals surface area contributed by atoms with E-state index >= 15 is 0 Å². The normalized spacial score (nSPS) is 12.3. The van der Waals surface area contributed by atoms with Gasteiger partial charge in [-0.25, -0.2) is 0 Å². The van der Waals surface area contributed by atoms with Crippen LogP contribution in [0.5, 0.6) is 0 Å². The Morgan fingerprint density at radius 3 is 2.26 bits per heavy atom. The Labute approximate surface area is 133 Å². The summed E-state index contributed by atoms with van der Waals surface area (Å²) in [5.41, 5.74) is 4.27. The third-order valence-corrected chi connectivity index (χ3v) is 4.42. The van der Waals surface area contributed by atoms with Gasteiger partial charge in [0.05, 0.1) is 0 Å². The lowest BCUT2D eigenvalue weighted by atomic mass is 9.92. The van der Waals surface area contributed by atoms with Crippen LogP contribution in [0.2, 0.25) is 0 Å². The zero-order chi connectivity index (χ0) is 16.0. The number of fused-ring (bicyclic) bond motifs is 5. The first-order valence-electron chi connectivity index (χ1n) is 7.57. The topological polar surface area (TPSA) is 54.4 Å². The molecule has 3 aromatic rings. The Morgan fingerprint density at radius 2 is 1.52 bits per heavy atom. The molecular weight excluding hydrogens is 288 g/mol. The van der Waals surface area contributed by atoms with Crippen molar-refractivity contribution in [3.05, 3.63) is 71.3 Å². The molecule has 1 N–H and O–H groups in total. The van der Waals surface area contributed by atoms with Crippen LogP contribution in [0.4, 0.5) is 0 Å².